The highest BCUT2D eigenvalue weighted by atomic mass is 32.2. The number of amides is 2. The number of carbonyl (C=O) groups excluding carboxylic acids is 2. The van der Waals surface area contributed by atoms with E-state index in [1.54, 1.807) is 38.3 Å². The van der Waals surface area contributed by atoms with E-state index in [1.165, 1.54) is 4.90 Å². The van der Waals surface area contributed by atoms with Crippen LogP contribution >= 0.6 is 0 Å². The van der Waals surface area contributed by atoms with E-state index in [-0.39, 0.29) is 18.5 Å². The molecule has 9 heteroatoms. The van der Waals surface area contributed by atoms with Gasteiger partial charge in [0, 0.05) is 12.6 Å². The second-order valence-electron chi connectivity index (χ2n) is 8.98. The van der Waals surface area contributed by atoms with Crippen LogP contribution in [0.4, 0.5) is 5.69 Å². The summed E-state index contributed by atoms with van der Waals surface area (Å²) in [6, 6.07) is 11.7. The van der Waals surface area contributed by atoms with Gasteiger partial charge in [-0.15, -0.1) is 0 Å². The van der Waals surface area contributed by atoms with Gasteiger partial charge < -0.3 is 15.0 Å². The molecule has 0 spiro atoms. The zero-order chi connectivity index (χ0) is 26.3. The van der Waals surface area contributed by atoms with E-state index in [1.807, 2.05) is 45.9 Å². The number of sulfonamides is 1. The Labute approximate surface area is 209 Å². The Balaban J connectivity index is 2.41. The zero-order valence-electron chi connectivity index (χ0n) is 21.7. The van der Waals surface area contributed by atoms with Crippen molar-refractivity contribution in [3.8, 4) is 5.75 Å². The van der Waals surface area contributed by atoms with Gasteiger partial charge in [-0.1, -0.05) is 25.1 Å². The van der Waals surface area contributed by atoms with Gasteiger partial charge in [0.25, 0.3) is 0 Å². The third-order valence-corrected chi connectivity index (χ3v) is 6.99. The van der Waals surface area contributed by atoms with Gasteiger partial charge in [0.15, 0.2) is 0 Å². The number of hydrogen-bond acceptors (Lipinski definition) is 5. The van der Waals surface area contributed by atoms with Gasteiger partial charge in [0.05, 0.1) is 19.1 Å². The molecule has 2 aromatic rings. The molecule has 0 aliphatic heterocycles. The molecule has 2 amide bonds. The molecule has 0 bridgehead atoms. The maximum Gasteiger partial charge on any atom is 0.244 e. The molecule has 8 nitrogen and oxygen atoms in total. The molecule has 192 valence electrons. The molecule has 1 N–H and O–H groups in total. The summed E-state index contributed by atoms with van der Waals surface area (Å²) < 4.78 is 31.7. The minimum Gasteiger partial charge on any atom is -0.497 e. The fourth-order valence-electron chi connectivity index (χ4n) is 3.68. The number of aryl methyl sites for hydroxylation is 2. The summed E-state index contributed by atoms with van der Waals surface area (Å²) in [6.45, 7) is 8.98. The van der Waals surface area contributed by atoms with Crippen LogP contribution in [0.3, 0.4) is 0 Å². The maximum absolute atomic E-state index is 13.6. The smallest absolute Gasteiger partial charge is 0.244 e. The molecular weight excluding hydrogens is 466 g/mol. The quantitative estimate of drug-likeness (QED) is 0.507. The standard InChI is InChI=1S/C26H37N3O5S/c1-8-20(4)27-26(31)21(5)28(16-22-9-11-24(34-6)12-10-22)25(30)17-29(35(7,32)33)23-14-18(2)13-19(3)15-23/h9-15,20-21H,8,16-17H2,1-7H3,(H,27,31)/t20-,21-/m0/s1. The van der Waals surface area contributed by atoms with Gasteiger partial charge in [-0.3, -0.25) is 13.9 Å². The Bertz CT molecular complexity index is 1110. The van der Waals surface area contributed by atoms with Crippen molar-refractivity contribution in [3.05, 3.63) is 59.2 Å². The number of nitrogens with one attached hydrogen (secondary N) is 1. The second-order valence-corrected chi connectivity index (χ2v) is 10.9. The summed E-state index contributed by atoms with van der Waals surface area (Å²) in [4.78, 5) is 27.9. The normalized spacial score (nSPS) is 13.0. The summed E-state index contributed by atoms with van der Waals surface area (Å²) >= 11 is 0. The monoisotopic (exact) mass is 503 g/mol. The Morgan fingerprint density at radius 1 is 1.03 bits per heavy atom. The first-order chi connectivity index (χ1) is 16.3. The number of hydrogen-bond donors (Lipinski definition) is 1. The van der Waals surface area contributed by atoms with Crippen molar-refractivity contribution < 1.29 is 22.7 Å². The third-order valence-electron chi connectivity index (χ3n) is 5.85. The maximum atomic E-state index is 13.6. The molecule has 35 heavy (non-hydrogen) atoms. The minimum atomic E-state index is -3.76. The lowest BCUT2D eigenvalue weighted by Gasteiger charge is -2.32. The Hall–Kier alpha value is -3.07. The Kier molecular flexibility index (Phi) is 9.71. The summed E-state index contributed by atoms with van der Waals surface area (Å²) in [5.41, 5.74) is 2.98. The highest BCUT2D eigenvalue weighted by Gasteiger charge is 2.30. The summed E-state index contributed by atoms with van der Waals surface area (Å²) in [5.74, 6) is -0.0945. The van der Waals surface area contributed by atoms with Gasteiger partial charge in [0.2, 0.25) is 21.8 Å². The van der Waals surface area contributed by atoms with Crippen LogP contribution < -0.4 is 14.4 Å². The van der Waals surface area contributed by atoms with Crippen LogP contribution in [0.1, 0.15) is 43.9 Å². The summed E-state index contributed by atoms with van der Waals surface area (Å²) in [7, 11) is -2.19. The van der Waals surface area contributed by atoms with E-state index in [0.29, 0.717) is 11.4 Å². The number of rotatable bonds is 11. The number of benzene rings is 2. The topological polar surface area (TPSA) is 96.0 Å². The molecular formula is C26H37N3O5S. The van der Waals surface area contributed by atoms with Crippen LogP contribution in [0, 0.1) is 13.8 Å². The van der Waals surface area contributed by atoms with Crippen LogP contribution in [-0.2, 0) is 26.2 Å². The van der Waals surface area contributed by atoms with Crippen molar-refractivity contribution in [2.45, 2.75) is 59.7 Å². The van der Waals surface area contributed by atoms with Crippen molar-refractivity contribution in [1.82, 2.24) is 10.2 Å². The van der Waals surface area contributed by atoms with E-state index in [4.69, 9.17) is 4.74 Å². The van der Waals surface area contributed by atoms with Crippen molar-refractivity contribution in [2.75, 3.05) is 24.2 Å². The first-order valence-corrected chi connectivity index (χ1v) is 13.5. The number of methoxy groups -OCH3 is 1. The average Bonchev–Trinajstić information content (AvgIpc) is 2.79. The van der Waals surface area contributed by atoms with Crippen LogP contribution in [0.25, 0.3) is 0 Å². The molecule has 0 aliphatic carbocycles. The van der Waals surface area contributed by atoms with Crippen molar-refractivity contribution in [3.63, 3.8) is 0 Å². The van der Waals surface area contributed by atoms with E-state index in [0.717, 1.165) is 33.7 Å². The van der Waals surface area contributed by atoms with Gasteiger partial charge >= 0.3 is 0 Å². The number of nitrogens with zero attached hydrogens (tertiary/aromatic N) is 2. The van der Waals surface area contributed by atoms with Crippen LogP contribution in [-0.4, -0.2) is 57.1 Å². The number of carbonyl (C=O) groups is 2. The first-order valence-electron chi connectivity index (χ1n) is 11.6. The van der Waals surface area contributed by atoms with Crippen LogP contribution in [0.5, 0.6) is 5.75 Å². The molecule has 0 radical (unpaired) electrons. The highest BCUT2D eigenvalue weighted by Crippen LogP contribution is 2.22. The number of anilines is 1. The zero-order valence-corrected chi connectivity index (χ0v) is 22.5. The fraction of sp³-hybridized carbons (Fsp3) is 0.462. The number of ether oxygens (including phenoxy) is 1. The predicted octanol–water partition coefficient (Wildman–Crippen LogP) is 3.41. The summed E-state index contributed by atoms with van der Waals surface area (Å²) in [5, 5.41) is 2.91. The SMILES string of the molecule is CC[C@H](C)NC(=O)[C@H](C)N(Cc1ccc(OC)cc1)C(=O)CN(c1cc(C)cc(C)c1)S(C)(=O)=O. The van der Waals surface area contributed by atoms with Crippen LogP contribution in [0.2, 0.25) is 0 Å². The van der Waals surface area contributed by atoms with Gasteiger partial charge in [-0.25, -0.2) is 8.42 Å². The molecule has 2 atom stereocenters. The van der Waals surface area contributed by atoms with Crippen LogP contribution in [0.15, 0.2) is 42.5 Å². The molecule has 0 saturated heterocycles. The van der Waals surface area contributed by atoms with E-state index < -0.39 is 28.5 Å². The van der Waals surface area contributed by atoms with Crippen molar-refractivity contribution in [1.29, 1.82) is 0 Å². The van der Waals surface area contributed by atoms with Gasteiger partial charge in [-0.05, 0) is 75.1 Å². The molecule has 2 aromatic carbocycles. The second kappa shape index (κ2) is 12.1. The molecule has 0 aromatic heterocycles. The van der Waals surface area contributed by atoms with E-state index >= 15 is 0 Å². The Morgan fingerprint density at radius 2 is 1.60 bits per heavy atom. The van der Waals surface area contributed by atoms with Gasteiger partial charge in [0.1, 0.15) is 18.3 Å². The largest absolute Gasteiger partial charge is 0.497 e. The molecule has 0 aliphatic rings. The lowest BCUT2D eigenvalue weighted by atomic mass is 10.1. The predicted molar refractivity (Wildman–Crippen MR) is 139 cm³/mol. The lowest BCUT2D eigenvalue weighted by Crippen LogP contribution is -2.52. The van der Waals surface area contributed by atoms with Crippen molar-refractivity contribution in [2.24, 2.45) is 0 Å². The lowest BCUT2D eigenvalue weighted by molar-refractivity contribution is -0.139. The van der Waals surface area contributed by atoms with Crippen molar-refractivity contribution >= 4 is 27.5 Å². The Morgan fingerprint density at radius 3 is 2.09 bits per heavy atom. The molecule has 0 fully saturated rings. The summed E-state index contributed by atoms with van der Waals surface area (Å²) in [6.07, 6.45) is 1.82. The molecule has 0 heterocycles. The highest BCUT2D eigenvalue weighted by molar-refractivity contribution is 7.92. The first kappa shape index (κ1) is 28.2. The molecule has 2 rings (SSSR count). The minimum absolute atomic E-state index is 0.0503. The van der Waals surface area contributed by atoms with E-state index in [2.05, 4.69) is 5.32 Å². The van der Waals surface area contributed by atoms with Gasteiger partial charge in [-0.2, -0.15) is 0 Å². The molecule has 0 unspecified atom stereocenters. The molecule has 0 saturated carbocycles. The fourth-order valence-corrected chi connectivity index (χ4v) is 4.52. The third kappa shape index (κ3) is 7.99. The van der Waals surface area contributed by atoms with E-state index in [9.17, 15) is 18.0 Å². The average molecular weight is 504 g/mol.